The van der Waals surface area contributed by atoms with Crippen molar-refractivity contribution < 1.29 is 28.2 Å². The molecule has 3 heterocycles. The van der Waals surface area contributed by atoms with E-state index in [1.165, 1.54) is 38.5 Å². The van der Waals surface area contributed by atoms with Gasteiger partial charge in [-0.05, 0) is 53.4 Å². The minimum absolute atomic E-state index is 0.0172. The summed E-state index contributed by atoms with van der Waals surface area (Å²) >= 11 is 2.10. The van der Waals surface area contributed by atoms with Crippen LogP contribution in [-0.2, 0) is 44.6 Å². The third-order valence-electron chi connectivity index (χ3n) is 9.39. The van der Waals surface area contributed by atoms with Crippen molar-refractivity contribution in [3.63, 3.8) is 0 Å². The quantitative estimate of drug-likeness (QED) is 0.178. The van der Waals surface area contributed by atoms with Gasteiger partial charge in [0.1, 0.15) is 0 Å². The maximum atomic E-state index is 8.19. The molecule has 8 rings (SSSR count). The molecule has 3 aromatic heterocycles. The zero-order valence-corrected chi connectivity index (χ0v) is 28.7. The summed E-state index contributed by atoms with van der Waals surface area (Å²) in [6.07, 6.45) is 5.33. The van der Waals surface area contributed by atoms with E-state index >= 15 is 0 Å². The van der Waals surface area contributed by atoms with Crippen LogP contribution in [0.3, 0.4) is 0 Å². The van der Waals surface area contributed by atoms with E-state index < -0.39 is 6.98 Å². The van der Waals surface area contributed by atoms with Gasteiger partial charge in [0, 0.05) is 6.20 Å². The van der Waals surface area contributed by atoms with Gasteiger partial charge in [-0.2, -0.15) is 0 Å². The zero-order valence-electron chi connectivity index (χ0n) is 29.4. The summed E-state index contributed by atoms with van der Waals surface area (Å²) in [6, 6.07) is 30.8. The number of nitrogens with zero attached hydrogens (tertiary/aromatic N) is 4. The van der Waals surface area contributed by atoms with Crippen molar-refractivity contribution in [3.05, 3.63) is 118 Å². The van der Waals surface area contributed by atoms with Gasteiger partial charge in [-0.25, -0.2) is 0 Å². The van der Waals surface area contributed by atoms with Crippen LogP contribution in [0.15, 0.2) is 97.2 Å². The molecule has 46 heavy (non-hydrogen) atoms. The topological polar surface area (TPSA) is 36.9 Å². The fourth-order valence-corrected chi connectivity index (χ4v) is 7.78. The molecule has 4 aromatic carbocycles. The number of pyridine rings is 1. The Labute approximate surface area is 284 Å². The molecule has 0 fully saturated rings. The monoisotopic (exact) mass is 788 g/mol. The predicted molar refractivity (Wildman–Crippen MR) is 184 cm³/mol. The molecule has 0 saturated carbocycles. The Kier molecular flexibility index (Phi) is 6.17. The summed E-state index contributed by atoms with van der Waals surface area (Å²) in [5.74, 6) is 2.95. The first kappa shape index (κ1) is 25.9. The van der Waals surface area contributed by atoms with Gasteiger partial charge < -0.3 is 0 Å². The van der Waals surface area contributed by atoms with Crippen molar-refractivity contribution in [1.82, 2.24) is 18.7 Å². The number of hydrogen-bond acceptors (Lipinski definition) is 2. The third kappa shape index (κ3) is 4.88. The molecular weight excluding hydrogens is 748 g/mol. The number of hydrogen-bond donors (Lipinski definition) is 0. The molecule has 0 bridgehead atoms. The molecule has 0 saturated heterocycles. The number of aromatic nitrogens is 4. The van der Waals surface area contributed by atoms with Gasteiger partial charge in [0.25, 0.3) is 0 Å². The average Bonchev–Trinajstić information content (AvgIpc) is 3.54. The molecule has 0 N–H and O–H groups in total. The molecule has 7 aromatic rings. The predicted octanol–water partition coefficient (Wildman–Crippen LogP) is 9.75. The second-order valence-electron chi connectivity index (χ2n) is 13.7. The first-order valence-corrected chi connectivity index (χ1v) is 17.0. The van der Waals surface area contributed by atoms with E-state index in [1.807, 2.05) is 65.4 Å². The van der Waals surface area contributed by atoms with E-state index in [-0.39, 0.29) is 5.41 Å². The molecule has 5 nitrogen and oxygen atoms in total. The SMILES string of the molecule is [2H]C([2H])([2H])n1[c](=[Pt])n(-c2cccc(Oc3ccc4c5cc6c(cc5n(-c5cc(C(C)(C)C)ccn5)c4c3)CCC(C)C6)c2)c2ccccc21. The second-order valence-corrected chi connectivity index (χ2v) is 14.7. The number of imidazole rings is 1. The van der Waals surface area contributed by atoms with Crippen molar-refractivity contribution in [2.24, 2.45) is 12.9 Å². The Morgan fingerprint density at radius 2 is 1.61 bits per heavy atom. The summed E-state index contributed by atoms with van der Waals surface area (Å²) in [5.41, 5.74) is 8.59. The summed E-state index contributed by atoms with van der Waals surface area (Å²) in [7, 11) is 0. The molecule has 0 radical (unpaired) electrons. The number of fused-ring (bicyclic) bond motifs is 5. The average molecular weight is 789 g/mol. The van der Waals surface area contributed by atoms with Crippen molar-refractivity contribution >= 4 is 32.8 Å². The first-order valence-electron chi connectivity index (χ1n) is 17.4. The molecule has 1 aliphatic carbocycles. The van der Waals surface area contributed by atoms with Gasteiger partial charge in [0.2, 0.25) is 0 Å². The molecule has 234 valence electrons. The molecular formula is C40H38N4OPt. The van der Waals surface area contributed by atoms with Crippen LogP contribution < -0.4 is 4.74 Å². The Morgan fingerprint density at radius 3 is 2.43 bits per heavy atom. The Hall–Kier alpha value is -4.21. The molecule has 1 aliphatic rings. The van der Waals surface area contributed by atoms with Crippen LogP contribution in [-0.4, -0.2) is 18.7 Å². The Morgan fingerprint density at radius 1 is 0.804 bits per heavy atom. The molecule has 6 heteroatoms. The van der Waals surface area contributed by atoms with Gasteiger partial charge in [-0.1, -0.05) is 27.7 Å². The Bertz CT molecular complexity index is 2480. The van der Waals surface area contributed by atoms with Crippen LogP contribution in [0.5, 0.6) is 11.5 Å². The standard InChI is InChI=1S/C40H38N4O.Pt/c1-26-13-14-27-21-37-34(20-28(27)19-26)33-16-15-32(24-38(33)44(37)39-22-29(17-18-41-39)40(2,3)4)45-31-10-8-9-30(23-31)43-25-42(5)35-11-6-7-12-36(35)43;/h6-12,15-18,20-24,26H,13-14,19H2,1-5H3;/i5D3;. The summed E-state index contributed by atoms with van der Waals surface area (Å²) in [5, 5.41) is 2.40. The fraction of sp³-hybridized carbons (Fsp3) is 0.250. The van der Waals surface area contributed by atoms with Gasteiger partial charge >= 0.3 is 198 Å². The van der Waals surface area contributed by atoms with Gasteiger partial charge in [0.05, 0.1) is 0 Å². The minimum atomic E-state index is -2.32. The van der Waals surface area contributed by atoms with Crippen LogP contribution in [0.1, 0.15) is 54.9 Å². The maximum absolute atomic E-state index is 8.19. The van der Waals surface area contributed by atoms with Crippen molar-refractivity contribution in [1.29, 1.82) is 0 Å². The molecule has 0 aliphatic heterocycles. The number of benzene rings is 4. The van der Waals surface area contributed by atoms with E-state index in [0.29, 0.717) is 26.7 Å². The number of rotatable bonds is 4. The normalized spacial score (nSPS) is 16.4. The van der Waals surface area contributed by atoms with E-state index in [4.69, 9.17) is 13.8 Å². The van der Waals surface area contributed by atoms with E-state index in [1.54, 1.807) is 0 Å². The number of para-hydroxylation sites is 2. The number of aryl methyl sites for hydroxylation is 2. The zero-order chi connectivity index (χ0) is 34.2. The van der Waals surface area contributed by atoms with Crippen LogP contribution in [0, 0.1) is 9.72 Å². The summed E-state index contributed by atoms with van der Waals surface area (Å²) in [4.78, 5) is 4.91. The van der Waals surface area contributed by atoms with Crippen LogP contribution in [0.4, 0.5) is 0 Å². The van der Waals surface area contributed by atoms with Crippen molar-refractivity contribution in [3.8, 4) is 23.0 Å². The molecule has 1 atom stereocenters. The van der Waals surface area contributed by atoms with Gasteiger partial charge in [0.15, 0.2) is 0 Å². The van der Waals surface area contributed by atoms with Crippen LogP contribution in [0.25, 0.3) is 44.3 Å². The third-order valence-corrected chi connectivity index (χ3v) is 10.4. The van der Waals surface area contributed by atoms with Crippen molar-refractivity contribution in [2.45, 2.75) is 52.4 Å². The second kappa shape index (κ2) is 11.0. The van der Waals surface area contributed by atoms with Gasteiger partial charge in [-0.15, -0.1) is 0 Å². The van der Waals surface area contributed by atoms with E-state index in [0.717, 1.165) is 40.9 Å². The van der Waals surface area contributed by atoms with Crippen LogP contribution >= 0.6 is 0 Å². The Balaban J connectivity index is 1.27. The fourth-order valence-electron chi connectivity index (χ4n) is 6.94. The molecule has 0 amide bonds. The van der Waals surface area contributed by atoms with Gasteiger partial charge in [-0.3, -0.25) is 0 Å². The molecule has 1 unspecified atom stereocenters. The van der Waals surface area contributed by atoms with E-state index in [9.17, 15) is 0 Å². The van der Waals surface area contributed by atoms with E-state index in [2.05, 4.69) is 88.0 Å². The van der Waals surface area contributed by atoms with Crippen LogP contribution in [0.2, 0.25) is 0 Å². The molecule has 0 spiro atoms. The first-order chi connectivity index (χ1) is 23.4. The number of ether oxygens (including phenoxy) is 1. The van der Waals surface area contributed by atoms with Crippen molar-refractivity contribution in [2.75, 3.05) is 0 Å². The summed E-state index contributed by atoms with van der Waals surface area (Å²) < 4.78 is 37.4. The summed E-state index contributed by atoms with van der Waals surface area (Å²) in [6.45, 7) is 6.73.